The quantitative estimate of drug-likeness (QED) is 0.261. The summed E-state index contributed by atoms with van der Waals surface area (Å²) in [5.74, 6) is -0.779. The summed E-state index contributed by atoms with van der Waals surface area (Å²) < 4.78 is 64.3. The SMILES string of the molecule is CN(C)/N=C(OC(F)F)\C(=C\C(F)(F)F)CBr. The lowest BCUT2D eigenvalue weighted by Gasteiger charge is -2.13. The van der Waals surface area contributed by atoms with E-state index in [0.29, 0.717) is 0 Å². The molecule has 0 saturated carbocycles. The van der Waals surface area contributed by atoms with Crippen LogP contribution in [0.3, 0.4) is 0 Å². The molecule has 0 heterocycles. The van der Waals surface area contributed by atoms with Crippen molar-refractivity contribution >= 4 is 21.8 Å². The van der Waals surface area contributed by atoms with Gasteiger partial charge in [0, 0.05) is 31.1 Å². The largest absolute Gasteiger partial charge is 0.415 e. The first-order valence-electron chi connectivity index (χ1n) is 4.21. The topological polar surface area (TPSA) is 24.8 Å². The molecule has 0 fully saturated rings. The van der Waals surface area contributed by atoms with Crippen molar-refractivity contribution in [2.45, 2.75) is 12.8 Å². The Morgan fingerprint density at radius 1 is 1.41 bits per heavy atom. The van der Waals surface area contributed by atoms with E-state index in [9.17, 15) is 22.0 Å². The molecule has 17 heavy (non-hydrogen) atoms. The van der Waals surface area contributed by atoms with Gasteiger partial charge in [-0.25, -0.2) is 0 Å². The van der Waals surface area contributed by atoms with Gasteiger partial charge in [-0.2, -0.15) is 22.0 Å². The van der Waals surface area contributed by atoms with E-state index in [1.54, 1.807) is 0 Å². The number of nitrogens with zero attached hydrogens (tertiary/aromatic N) is 2. The maximum atomic E-state index is 12.1. The molecule has 0 atom stereocenters. The second-order valence-electron chi connectivity index (χ2n) is 2.98. The van der Waals surface area contributed by atoms with Crippen molar-refractivity contribution < 1.29 is 26.7 Å². The molecule has 0 radical (unpaired) electrons. The summed E-state index contributed by atoms with van der Waals surface area (Å²) in [7, 11) is 2.74. The second-order valence-corrected chi connectivity index (χ2v) is 3.54. The molecule has 0 bridgehead atoms. The molecule has 0 aromatic heterocycles. The van der Waals surface area contributed by atoms with Crippen LogP contribution in [0.4, 0.5) is 22.0 Å². The average molecular weight is 325 g/mol. The second kappa shape index (κ2) is 6.77. The van der Waals surface area contributed by atoms with E-state index in [2.05, 4.69) is 25.8 Å². The minimum absolute atomic E-state index is 0.146. The molecule has 0 N–H and O–H groups in total. The summed E-state index contributed by atoms with van der Waals surface area (Å²) in [5, 5.41) is 4.17. The number of alkyl halides is 6. The first-order chi connectivity index (χ1) is 7.65. The Morgan fingerprint density at radius 3 is 2.24 bits per heavy atom. The van der Waals surface area contributed by atoms with Crippen LogP contribution in [0.15, 0.2) is 16.8 Å². The summed E-state index contributed by atoms with van der Waals surface area (Å²) in [5.41, 5.74) is -0.522. The Hall–Kier alpha value is -0.860. The van der Waals surface area contributed by atoms with Gasteiger partial charge in [0.05, 0.1) is 0 Å². The monoisotopic (exact) mass is 324 g/mol. The van der Waals surface area contributed by atoms with Crippen LogP contribution >= 0.6 is 15.9 Å². The molecule has 0 spiro atoms. The molecule has 0 saturated heterocycles. The van der Waals surface area contributed by atoms with Crippen LogP contribution in [0.25, 0.3) is 0 Å². The smallest absolute Gasteiger partial charge is 0.410 e. The van der Waals surface area contributed by atoms with Crippen LogP contribution in [0.5, 0.6) is 0 Å². The van der Waals surface area contributed by atoms with Gasteiger partial charge in [0.25, 0.3) is 0 Å². The zero-order chi connectivity index (χ0) is 13.6. The minimum atomic E-state index is -4.64. The summed E-state index contributed by atoms with van der Waals surface area (Å²) in [6.07, 6.45) is -4.78. The minimum Gasteiger partial charge on any atom is -0.415 e. The highest BCUT2D eigenvalue weighted by Gasteiger charge is 2.27. The summed E-state index contributed by atoms with van der Waals surface area (Å²) >= 11 is 2.76. The van der Waals surface area contributed by atoms with E-state index < -0.39 is 24.3 Å². The number of hydrazone groups is 1. The fourth-order valence-electron chi connectivity index (χ4n) is 0.785. The van der Waals surface area contributed by atoms with Crippen LogP contribution in [0.2, 0.25) is 0 Å². The Bertz CT molecular complexity index is 301. The third kappa shape index (κ3) is 7.94. The average Bonchev–Trinajstić information content (AvgIpc) is 2.10. The lowest BCUT2D eigenvalue weighted by molar-refractivity contribution is -0.0815. The molecule has 0 aliphatic heterocycles. The van der Waals surface area contributed by atoms with E-state index >= 15 is 0 Å². The standard InChI is InChI=1S/C8H10BrF5N2O/c1-16(2)15-6(17-7(10)11)5(4-9)3-8(12,13)14/h3,7H,4H2,1-2H3/b5-3+,15-6+. The predicted octanol–water partition coefficient (Wildman–Crippen LogP) is 2.98. The number of ether oxygens (including phenoxy) is 1. The summed E-state index contributed by atoms with van der Waals surface area (Å²) in [6.45, 7) is -3.25. The van der Waals surface area contributed by atoms with E-state index in [1.165, 1.54) is 14.1 Å². The van der Waals surface area contributed by atoms with E-state index in [1.807, 2.05) is 0 Å². The van der Waals surface area contributed by atoms with Crippen molar-refractivity contribution in [1.29, 1.82) is 0 Å². The highest BCUT2D eigenvalue weighted by molar-refractivity contribution is 9.09. The summed E-state index contributed by atoms with van der Waals surface area (Å²) in [4.78, 5) is 0. The molecule has 0 aromatic carbocycles. The number of rotatable bonds is 4. The van der Waals surface area contributed by atoms with E-state index in [0.717, 1.165) is 5.01 Å². The lowest BCUT2D eigenvalue weighted by atomic mass is 10.3. The molecular weight excluding hydrogens is 315 g/mol. The molecule has 0 aliphatic rings. The first-order valence-corrected chi connectivity index (χ1v) is 5.33. The van der Waals surface area contributed by atoms with Crippen molar-refractivity contribution in [2.24, 2.45) is 5.10 Å². The zero-order valence-electron chi connectivity index (χ0n) is 8.93. The molecule has 9 heteroatoms. The van der Waals surface area contributed by atoms with Gasteiger partial charge in [0.2, 0.25) is 5.90 Å². The fourth-order valence-corrected chi connectivity index (χ4v) is 1.19. The molecule has 0 aliphatic carbocycles. The van der Waals surface area contributed by atoms with Crippen LogP contribution < -0.4 is 0 Å². The third-order valence-corrected chi connectivity index (χ3v) is 1.85. The van der Waals surface area contributed by atoms with Gasteiger partial charge < -0.3 is 4.74 Å². The van der Waals surface area contributed by atoms with Gasteiger partial charge >= 0.3 is 12.8 Å². The van der Waals surface area contributed by atoms with Crippen molar-refractivity contribution in [3.05, 3.63) is 11.6 Å². The fraction of sp³-hybridized carbons (Fsp3) is 0.625. The van der Waals surface area contributed by atoms with Crippen LogP contribution in [0, 0.1) is 0 Å². The Morgan fingerprint density at radius 2 is 1.94 bits per heavy atom. The van der Waals surface area contributed by atoms with Gasteiger partial charge in [0.1, 0.15) is 0 Å². The van der Waals surface area contributed by atoms with Crippen LogP contribution in [-0.4, -0.2) is 43.1 Å². The molecule has 0 amide bonds. The van der Waals surface area contributed by atoms with Crippen molar-refractivity contribution in [3.63, 3.8) is 0 Å². The molecule has 0 aromatic rings. The van der Waals surface area contributed by atoms with Crippen LogP contribution in [0.1, 0.15) is 0 Å². The Kier molecular flexibility index (Phi) is 6.43. The van der Waals surface area contributed by atoms with Gasteiger partial charge in [-0.15, -0.1) is 5.10 Å². The van der Waals surface area contributed by atoms with Crippen molar-refractivity contribution in [2.75, 3.05) is 19.4 Å². The predicted molar refractivity (Wildman–Crippen MR) is 56.1 cm³/mol. The molecule has 100 valence electrons. The Labute approximate surface area is 103 Å². The van der Waals surface area contributed by atoms with Crippen molar-refractivity contribution in [3.8, 4) is 0 Å². The van der Waals surface area contributed by atoms with E-state index in [4.69, 9.17) is 0 Å². The molecule has 0 unspecified atom stereocenters. The molecular formula is C8H10BrF5N2O. The van der Waals surface area contributed by atoms with Crippen molar-refractivity contribution in [1.82, 2.24) is 5.01 Å². The highest BCUT2D eigenvalue weighted by Crippen LogP contribution is 2.21. The van der Waals surface area contributed by atoms with Gasteiger partial charge in [-0.05, 0) is 0 Å². The number of allylic oxidation sites excluding steroid dienone is 1. The van der Waals surface area contributed by atoms with Gasteiger partial charge in [-0.1, -0.05) is 15.9 Å². The highest BCUT2D eigenvalue weighted by atomic mass is 79.9. The Balaban J connectivity index is 5.20. The third-order valence-electron chi connectivity index (χ3n) is 1.25. The number of hydrogen-bond acceptors (Lipinski definition) is 3. The molecule has 3 nitrogen and oxygen atoms in total. The normalized spacial score (nSPS) is 14.2. The van der Waals surface area contributed by atoms with E-state index in [-0.39, 0.29) is 11.4 Å². The summed E-state index contributed by atoms with van der Waals surface area (Å²) in [6, 6.07) is 0. The maximum Gasteiger partial charge on any atom is 0.410 e. The number of hydrogen-bond donors (Lipinski definition) is 0. The van der Waals surface area contributed by atoms with Gasteiger partial charge in [0.15, 0.2) is 0 Å². The maximum absolute atomic E-state index is 12.1. The molecule has 0 rings (SSSR count). The number of halogens is 6. The van der Waals surface area contributed by atoms with Gasteiger partial charge in [-0.3, -0.25) is 5.01 Å². The lowest BCUT2D eigenvalue weighted by Crippen LogP contribution is -2.20. The zero-order valence-corrected chi connectivity index (χ0v) is 10.5. The first kappa shape index (κ1) is 16.1. The van der Waals surface area contributed by atoms with Crippen LogP contribution in [-0.2, 0) is 4.74 Å².